The van der Waals surface area contributed by atoms with Crippen molar-refractivity contribution in [3.05, 3.63) is 35.9 Å². The SMILES string of the molecule is COC(=O)CCCCCC1CCN(CCCc2ccccc2)C1=O. The topological polar surface area (TPSA) is 46.6 Å². The first-order valence-electron chi connectivity index (χ1n) is 9.10. The van der Waals surface area contributed by atoms with Gasteiger partial charge in [-0.15, -0.1) is 0 Å². The number of likely N-dealkylation sites (tertiary alicyclic amines) is 1. The van der Waals surface area contributed by atoms with Crippen LogP contribution in [0.3, 0.4) is 0 Å². The number of methoxy groups -OCH3 is 1. The van der Waals surface area contributed by atoms with E-state index in [4.69, 9.17) is 0 Å². The minimum atomic E-state index is -0.142. The van der Waals surface area contributed by atoms with E-state index in [0.29, 0.717) is 12.3 Å². The van der Waals surface area contributed by atoms with Gasteiger partial charge in [-0.3, -0.25) is 9.59 Å². The standard InChI is InChI=1S/C20H29NO3/c1-24-19(22)13-7-3-6-12-18-14-16-21(20(18)23)15-8-11-17-9-4-2-5-10-17/h2,4-5,9-10,18H,3,6-8,11-16H2,1H3. The third-order valence-corrected chi connectivity index (χ3v) is 4.81. The smallest absolute Gasteiger partial charge is 0.305 e. The molecule has 24 heavy (non-hydrogen) atoms. The predicted octanol–water partition coefficient (Wildman–Crippen LogP) is 3.59. The Morgan fingerprint density at radius 3 is 2.71 bits per heavy atom. The molecule has 1 heterocycles. The number of benzene rings is 1. The summed E-state index contributed by atoms with van der Waals surface area (Å²) in [5.74, 6) is 0.382. The highest BCUT2D eigenvalue weighted by Gasteiger charge is 2.30. The maximum absolute atomic E-state index is 12.4. The fourth-order valence-electron chi connectivity index (χ4n) is 3.35. The van der Waals surface area contributed by atoms with Crippen LogP contribution in [-0.2, 0) is 20.7 Å². The third-order valence-electron chi connectivity index (χ3n) is 4.81. The van der Waals surface area contributed by atoms with Crippen LogP contribution < -0.4 is 0 Å². The van der Waals surface area contributed by atoms with Crippen molar-refractivity contribution in [2.45, 2.75) is 51.4 Å². The Kier molecular flexibility index (Phi) is 7.80. The Morgan fingerprint density at radius 1 is 1.17 bits per heavy atom. The van der Waals surface area contributed by atoms with Gasteiger partial charge in [0.1, 0.15) is 0 Å². The Labute approximate surface area is 145 Å². The second-order valence-electron chi connectivity index (χ2n) is 6.58. The molecule has 1 aliphatic heterocycles. The lowest BCUT2D eigenvalue weighted by Gasteiger charge is -2.16. The summed E-state index contributed by atoms with van der Waals surface area (Å²) in [6.45, 7) is 1.77. The van der Waals surface area contributed by atoms with E-state index in [9.17, 15) is 9.59 Å². The van der Waals surface area contributed by atoms with E-state index in [1.165, 1.54) is 12.7 Å². The number of esters is 1. The van der Waals surface area contributed by atoms with Gasteiger partial charge >= 0.3 is 5.97 Å². The molecule has 132 valence electrons. The lowest BCUT2D eigenvalue weighted by atomic mass is 9.99. The zero-order valence-electron chi connectivity index (χ0n) is 14.7. The fraction of sp³-hybridized carbons (Fsp3) is 0.600. The van der Waals surface area contributed by atoms with Crippen molar-refractivity contribution >= 4 is 11.9 Å². The number of amides is 1. The van der Waals surface area contributed by atoms with Crippen LogP contribution in [0.1, 0.15) is 50.5 Å². The Balaban J connectivity index is 1.59. The van der Waals surface area contributed by atoms with E-state index in [-0.39, 0.29) is 11.9 Å². The predicted molar refractivity (Wildman–Crippen MR) is 94.6 cm³/mol. The normalized spacial score (nSPS) is 17.3. The molecule has 1 unspecified atom stereocenters. The number of aryl methyl sites for hydroxylation is 1. The van der Waals surface area contributed by atoms with Crippen LogP contribution >= 0.6 is 0 Å². The average Bonchev–Trinajstić information content (AvgIpc) is 2.95. The minimum absolute atomic E-state index is 0.142. The molecule has 1 aliphatic rings. The molecule has 1 aromatic carbocycles. The van der Waals surface area contributed by atoms with Crippen molar-refractivity contribution in [1.82, 2.24) is 4.90 Å². The lowest BCUT2D eigenvalue weighted by Crippen LogP contribution is -2.28. The van der Waals surface area contributed by atoms with Gasteiger partial charge in [-0.2, -0.15) is 0 Å². The molecule has 4 heteroatoms. The highest BCUT2D eigenvalue weighted by molar-refractivity contribution is 5.80. The van der Waals surface area contributed by atoms with Gasteiger partial charge in [0.15, 0.2) is 0 Å². The summed E-state index contributed by atoms with van der Waals surface area (Å²) in [6, 6.07) is 10.4. The third kappa shape index (κ3) is 5.99. The molecule has 2 rings (SSSR count). The molecule has 0 spiro atoms. The number of rotatable bonds is 10. The number of carbonyl (C=O) groups excluding carboxylic acids is 2. The van der Waals surface area contributed by atoms with Crippen molar-refractivity contribution < 1.29 is 14.3 Å². The van der Waals surface area contributed by atoms with Gasteiger partial charge in [0.05, 0.1) is 7.11 Å². The van der Waals surface area contributed by atoms with Crippen LogP contribution in [-0.4, -0.2) is 37.0 Å². The summed E-state index contributed by atoms with van der Waals surface area (Å²) < 4.78 is 4.63. The monoisotopic (exact) mass is 331 g/mol. The summed E-state index contributed by atoms with van der Waals surface area (Å²) in [6.07, 6.45) is 7.36. The molecule has 1 fully saturated rings. The maximum Gasteiger partial charge on any atom is 0.305 e. The summed E-state index contributed by atoms with van der Waals surface area (Å²) in [5, 5.41) is 0. The van der Waals surface area contributed by atoms with E-state index in [1.54, 1.807) is 0 Å². The number of ether oxygens (including phenoxy) is 1. The van der Waals surface area contributed by atoms with E-state index in [0.717, 1.165) is 58.0 Å². The molecular formula is C20H29NO3. The van der Waals surface area contributed by atoms with Gasteiger partial charge in [0, 0.05) is 25.4 Å². The van der Waals surface area contributed by atoms with E-state index >= 15 is 0 Å². The van der Waals surface area contributed by atoms with Gasteiger partial charge in [-0.25, -0.2) is 0 Å². The van der Waals surface area contributed by atoms with Gasteiger partial charge in [0.25, 0.3) is 0 Å². The van der Waals surface area contributed by atoms with Crippen LogP contribution in [0.15, 0.2) is 30.3 Å². The largest absolute Gasteiger partial charge is 0.469 e. The van der Waals surface area contributed by atoms with Crippen molar-refractivity contribution in [3.63, 3.8) is 0 Å². The van der Waals surface area contributed by atoms with Crippen LogP contribution in [0, 0.1) is 5.92 Å². The summed E-state index contributed by atoms with van der Waals surface area (Å²) in [7, 11) is 1.42. The number of hydrogen-bond acceptors (Lipinski definition) is 3. The van der Waals surface area contributed by atoms with Gasteiger partial charge < -0.3 is 9.64 Å². The Morgan fingerprint density at radius 2 is 1.96 bits per heavy atom. The Hall–Kier alpha value is -1.84. The summed E-state index contributed by atoms with van der Waals surface area (Å²) in [5.41, 5.74) is 1.34. The molecule has 1 saturated heterocycles. The molecule has 1 atom stereocenters. The maximum atomic E-state index is 12.4. The zero-order chi connectivity index (χ0) is 17.2. The van der Waals surface area contributed by atoms with Crippen molar-refractivity contribution in [2.75, 3.05) is 20.2 Å². The van der Waals surface area contributed by atoms with Crippen LogP contribution in [0.25, 0.3) is 0 Å². The van der Waals surface area contributed by atoms with Crippen LogP contribution in [0.4, 0.5) is 0 Å². The van der Waals surface area contributed by atoms with Crippen molar-refractivity contribution in [3.8, 4) is 0 Å². The number of unbranched alkanes of at least 4 members (excludes halogenated alkanes) is 2. The van der Waals surface area contributed by atoms with E-state index in [1.807, 2.05) is 11.0 Å². The first kappa shape index (κ1) is 18.5. The van der Waals surface area contributed by atoms with Crippen molar-refractivity contribution in [1.29, 1.82) is 0 Å². The van der Waals surface area contributed by atoms with Crippen molar-refractivity contribution in [2.24, 2.45) is 5.92 Å². The van der Waals surface area contributed by atoms with Gasteiger partial charge in [-0.05, 0) is 37.7 Å². The first-order valence-corrected chi connectivity index (χ1v) is 9.10. The first-order chi connectivity index (χ1) is 11.7. The highest BCUT2D eigenvalue weighted by atomic mass is 16.5. The second kappa shape index (κ2) is 10.1. The van der Waals surface area contributed by atoms with E-state index < -0.39 is 0 Å². The minimum Gasteiger partial charge on any atom is -0.469 e. The number of hydrogen-bond donors (Lipinski definition) is 0. The number of nitrogens with zero attached hydrogens (tertiary/aromatic N) is 1. The molecule has 0 bridgehead atoms. The average molecular weight is 331 g/mol. The molecule has 0 aliphatic carbocycles. The zero-order valence-corrected chi connectivity index (χ0v) is 14.7. The molecule has 0 aromatic heterocycles. The van der Waals surface area contributed by atoms with Gasteiger partial charge in [-0.1, -0.05) is 43.2 Å². The fourth-order valence-corrected chi connectivity index (χ4v) is 3.35. The summed E-state index contributed by atoms with van der Waals surface area (Å²) >= 11 is 0. The highest BCUT2D eigenvalue weighted by Crippen LogP contribution is 2.24. The molecular weight excluding hydrogens is 302 g/mol. The second-order valence-corrected chi connectivity index (χ2v) is 6.58. The molecule has 1 amide bonds. The summed E-state index contributed by atoms with van der Waals surface area (Å²) in [4.78, 5) is 25.5. The molecule has 1 aromatic rings. The quantitative estimate of drug-likeness (QED) is 0.486. The molecule has 0 N–H and O–H groups in total. The van der Waals surface area contributed by atoms with Crippen LogP contribution in [0.5, 0.6) is 0 Å². The number of carbonyl (C=O) groups is 2. The van der Waals surface area contributed by atoms with Gasteiger partial charge in [0.2, 0.25) is 5.91 Å². The molecule has 0 saturated carbocycles. The van der Waals surface area contributed by atoms with Crippen LogP contribution in [0.2, 0.25) is 0 Å². The lowest BCUT2D eigenvalue weighted by molar-refractivity contribution is -0.140. The molecule has 0 radical (unpaired) electrons. The van der Waals surface area contributed by atoms with E-state index in [2.05, 4.69) is 29.0 Å². The Bertz CT molecular complexity index is 515. The molecule has 4 nitrogen and oxygen atoms in total.